The molecule has 0 radical (unpaired) electrons. The van der Waals surface area contributed by atoms with E-state index in [1.807, 2.05) is 54.6 Å². The van der Waals surface area contributed by atoms with E-state index < -0.39 is 0 Å². The summed E-state index contributed by atoms with van der Waals surface area (Å²) in [6, 6.07) is 56.1. The van der Waals surface area contributed by atoms with Gasteiger partial charge >= 0.3 is 0 Å². The fourth-order valence-electron chi connectivity index (χ4n) is 7.66. The Morgan fingerprint density at radius 3 is 1.48 bits per heavy atom. The summed E-state index contributed by atoms with van der Waals surface area (Å²) in [5, 5.41) is 6.31. The highest BCUT2D eigenvalue weighted by Gasteiger charge is 2.34. The number of ketones is 2. The van der Waals surface area contributed by atoms with Crippen LogP contribution in [-0.4, -0.2) is 11.6 Å². The fraction of sp³-hybridized carbons (Fsp3) is 0. The van der Waals surface area contributed by atoms with E-state index >= 15 is 0 Å². The van der Waals surface area contributed by atoms with Crippen LogP contribution in [0.2, 0.25) is 0 Å². The lowest BCUT2D eigenvalue weighted by Crippen LogP contribution is -2.24. The molecule has 4 nitrogen and oxygen atoms in total. The number of fused-ring (bicyclic) bond motifs is 7. The maximum atomic E-state index is 13.6. The summed E-state index contributed by atoms with van der Waals surface area (Å²) in [5.74, 6) is -0.447. The van der Waals surface area contributed by atoms with Gasteiger partial charge < -0.3 is 9.80 Å². The zero-order valence-electron chi connectivity index (χ0n) is 26.9. The minimum atomic E-state index is -0.223. The van der Waals surface area contributed by atoms with Gasteiger partial charge in [-0.1, -0.05) is 103 Å². The van der Waals surface area contributed by atoms with E-state index in [9.17, 15) is 9.59 Å². The number of nitrogens with zero attached hydrogens (tertiary/aromatic N) is 2. The predicted molar refractivity (Wildman–Crippen MR) is 205 cm³/mol. The highest BCUT2D eigenvalue weighted by Crippen LogP contribution is 2.57. The van der Waals surface area contributed by atoms with Crippen LogP contribution < -0.4 is 9.80 Å². The molecule has 1 heterocycles. The van der Waals surface area contributed by atoms with Crippen molar-refractivity contribution in [3.05, 3.63) is 186 Å². The Labute approximate surface area is 288 Å². The van der Waals surface area contributed by atoms with Crippen LogP contribution in [0.1, 0.15) is 26.3 Å². The van der Waals surface area contributed by atoms with Gasteiger partial charge in [0.15, 0.2) is 11.6 Å². The first kappa shape index (κ1) is 28.3. The molecule has 4 heteroatoms. The molecule has 0 saturated carbocycles. The standard InChI is InChI=1S/C46H28N2O2/c49-45-38-25-30-11-7-8-12-31(30)26-39(38)46(50)40(45)24-29-19-21-37-34(23-29)20-22-41-44(37)48(36-17-5-2-6-18-36)43-28-33-14-10-9-13-32(33)27-42(43)47(41)35-15-3-1-4-16-35/h1-28H. The van der Waals surface area contributed by atoms with Crippen LogP contribution in [0, 0.1) is 0 Å². The van der Waals surface area contributed by atoms with E-state index in [1.165, 1.54) is 5.39 Å². The van der Waals surface area contributed by atoms with Crippen molar-refractivity contribution in [2.75, 3.05) is 9.80 Å². The first-order chi connectivity index (χ1) is 24.6. The van der Waals surface area contributed by atoms with Crippen molar-refractivity contribution in [1.29, 1.82) is 0 Å². The van der Waals surface area contributed by atoms with E-state index in [-0.39, 0.29) is 17.1 Å². The lowest BCUT2D eigenvalue weighted by Gasteiger charge is -2.41. The molecule has 0 saturated heterocycles. The second-order valence-corrected chi connectivity index (χ2v) is 12.9. The zero-order valence-corrected chi connectivity index (χ0v) is 26.9. The minimum Gasteiger partial charge on any atom is -0.306 e. The number of benzene rings is 8. The molecule has 0 amide bonds. The number of allylic oxidation sites excluding steroid dienone is 1. The van der Waals surface area contributed by atoms with Gasteiger partial charge in [0.2, 0.25) is 0 Å². The molecule has 1 aliphatic heterocycles. The van der Waals surface area contributed by atoms with Crippen LogP contribution in [0.15, 0.2) is 169 Å². The van der Waals surface area contributed by atoms with Gasteiger partial charge in [-0.3, -0.25) is 9.59 Å². The topological polar surface area (TPSA) is 40.6 Å². The third kappa shape index (κ3) is 4.25. The number of Topliss-reactive ketones (excluding diaryl/α,β-unsaturated/α-hetero) is 2. The van der Waals surface area contributed by atoms with Crippen molar-refractivity contribution < 1.29 is 9.59 Å². The molecular weight excluding hydrogens is 613 g/mol. The largest absolute Gasteiger partial charge is 0.306 e. The molecule has 0 N–H and O–H groups in total. The Kier molecular flexibility index (Phi) is 6.14. The molecule has 0 unspecified atom stereocenters. The Bertz CT molecular complexity index is 2690. The van der Waals surface area contributed by atoms with Crippen molar-refractivity contribution in [2.24, 2.45) is 0 Å². The first-order valence-electron chi connectivity index (χ1n) is 16.8. The summed E-state index contributed by atoms with van der Waals surface area (Å²) >= 11 is 0. The van der Waals surface area contributed by atoms with Gasteiger partial charge in [0.05, 0.1) is 28.3 Å². The molecule has 0 atom stereocenters. The van der Waals surface area contributed by atoms with Crippen LogP contribution in [0.5, 0.6) is 0 Å². The van der Waals surface area contributed by atoms with Gasteiger partial charge in [0.1, 0.15) is 0 Å². The van der Waals surface area contributed by atoms with Gasteiger partial charge in [-0.25, -0.2) is 0 Å². The third-order valence-electron chi connectivity index (χ3n) is 9.99. The second kappa shape index (κ2) is 10.9. The molecule has 50 heavy (non-hydrogen) atoms. The van der Waals surface area contributed by atoms with E-state index in [4.69, 9.17) is 0 Å². The summed E-state index contributed by atoms with van der Waals surface area (Å²) in [7, 11) is 0. The second-order valence-electron chi connectivity index (χ2n) is 12.9. The molecule has 10 rings (SSSR count). The molecule has 2 aliphatic rings. The SMILES string of the molecule is O=C1C(=Cc2ccc3c4c(ccc3c2)N(c2ccccc2)c2cc3ccccc3cc2N4c2ccccc2)C(=O)c2cc3ccccc3cc21. The van der Waals surface area contributed by atoms with Crippen molar-refractivity contribution in [2.45, 2.75) is 0 Å². The number of rotatable bonds is 3. The number of carbonyl (C=O) groups excluding carboxylic acids is 2. The Balaban J connectivity index is 1.17. The summed E-state index contributed by atoms with van der Waals surface area (Å²) in [5.41, 5.74) is 8.38. The molecule has 0 bridgehead atoms. The molecule has 0 spiro atoms. The zero-order chi connectivity index (χ0) is 33.3. The van der Waals surface area contributed by atoms with Gasteiger partial charge in [0.25, 0.3) is 0 Å². The third-order valence-corrected chi connectivity index (χ3v) is 9.99. The number of carbonyl (C=O) groups is 2. The van der Waals surface area contributed by atoms with Gasteiger partial charge in [-0.05, 0) is 99.2 Å². The average Bonchev–Trinajstić information content (AvgIpc) is 3.39. The molecule has 234 valence electrons. The monoisotopic (exact) mass is 640 g/mol. The van der Waals surface area contributed by atoms with Crippen LogP contribution >= 0.6 is 0 Å². The molecule has 0 aromatic heterocycles. The lowest BCUT2D eigenvalue weighted by molar-refractivity contribution is 0.0990. The molecular formula is C46H28N2O2. The maximum absolute atomic E-state index is 13.6. The Morgan fingerprint density at radius 1 is 0.400 bits per heavy atom. The van der Waals surface area contributed by atoms with E-state index in [0.717, 1.165) is 66.6 Å². The normalized spacial score (nSPS) is 13.6. The van der Waals surface area contributed by atoms with Gasteiger partial charge in [-0.15, -0.1) is 0 Å². The average molecular weight is 641 g/mol. The van der Waals surface area contributed by atoms with Crippen LogP contribution in [0.3, 0.4) is 0 Å². The fourth-order valence-corrected chi connectivity index (χ4v) is 7.66. The molecule has 8 aromatic carbocycles. The van der Waals surface area contributed by atoms with Crippen molar-refractivity contribution in [3.63, 3.8) is 0 Å². The first-order valence-corrected chi connectivity index (χ1v) is 16.8. The molecule has 0 fully saturated rings. The van der Waals surface area contributed by atoms with E-state index in [0.29, 0.717) is 11.1 Å². The van der Waals surface area contributed by atoms with Crippen LogP contribution in [-0.2, 0) is 0 Å². The number of para-hydroxylation sites is 2. The number of hydrogen-bond acceptors (Lipinski definition) is 4. The highest BCUT2D eigenvalue weighted by atomic mass is 16.2. The van der Waals surface area contributed by atoms with Gasteiger partial charge in [0, 0.05) is 27.9 Å². The maximum Gasteiger partial charge on any atom is 0.197 e. The highest BCUT2D eigenvalue weighted by molar-refractivity contribution is 6.42. The number of hydrogen-bond donors (Lipinski definition) is 0. The predicted octanol–water partition coefficient (Wildman–Crippen LogP) is 11.9. The quantitative estimate of drug-likeness (QED) is 0.142. The molecule has 8 aromatic rings. The summed E-state index contributed by atoms with van der Waals surface area (Å²) < 4.78 is 0. The Morgan fingerprint density at radius 2 is 0.900 bits per heavy atom. The molecule has 1 aliphatic carbocycles. The minimum absolute atomic E-state index is 0.203. The summed E-state index contributed by atoms with van der Waals surface area (Å²) in [4.78, 5) is 31.9. The smallest absolute Gasteiger partial charge is 0.197 e. The Hall–Kier alpha value is -6.78. The summed E-state index contributed by atoms with van der Waals surface area (Å²) in [6.45, 7) is 0. The summed E-state index contributed by atoms with van der Waals surface area (Å²) in [6.07, 6.45) is 1.75. The lowest BCUT2D eigenvalue weighted by atomic mass is 9.96. The van der Waals surface area contributed by atoms with Crippen LogP contribution in [0.25, 0.3) is 38.4 Å². The van der Waals surface area contributed by atoms with Crippen molar-refractivity contribution in [1.82, 2.24) is 0 Å². The van der Waals surface area contributed by atoms with Gasteiger partial charge in [-0.2, -0.15) is 0 Å². The number of anilines is 6. The van der Waals surface area contributed by atoms with Crippen molar-refractivity contribution >= 4 is 84.1 Å². The van der Waals surface area contributed by atoms with E-state index in [2.05, 4.69) is 119 Å². The van der Waals surface area contributed by atoms with Crippen molar-refractivity contribution in [3.8, 4) is 0 Å². The van der Waals surface area contributed by atoms with Crippen LogP contribution in [0.4, 0.5) is 34.1 Å². The van der Waals surface area contributed by atoms with E-state index in [1.54, 1.807) is 6.08 Å².